The third kappa shape index (κ3) is 45.8. The van der Waals surface area contributed by atoms with Crippen LogP contribution in [0.3, 0.4) is 0 Å². The summed E-state index contributed by atoms with van der Waals surface area (Å²) < 4.78 is 16.8. The first-order valence-electron chi connectivity index (χ1n) is 26.3. The molecule has 0 aromatic heterocycles. The predicted octanol–water partition coefficient (Wildman–Crippen LogP) is 16.9. The van der Waals surface area contributed by atoms with Gasteiger partial charge in [0.1, 0.15) is 13.2 Å². The molecule has 0 amide bonds. The Labute approximate surface area is 368 Å². The van der Waals surface area contributed by atoms with E-state index in [0.29, 0.717) is 19.3 Å². The molecule has 0 aromatic rings. The van der Waals surface area contributed by atoms with E-state index in [0.717, 1.165) is 69.6 Å². The molecule has 6 heteroatoms. The first-order valence-corrected chi connectivity index (χ1v) is 26.3. The van der Waals surface area contributed by atoms with Gasteiger partial charge in [0, 0.05) is 19.3 Å². The smallest absolute Gasteiger partial charge is 0.306 e. The quantitative estimate of drug-likeness (QED) is 0.0345. The van der Waals surface area contributed by atoms with Gasteiger partial charge in [0.2, 0.25) is 0 Å². The molecule has 6 nitrogen and oxygen atoms in total. The van der Waals surface area contributed by atoms with Crippen LogP contribution in [0.15, 0.2) is 0 Å². The van der Waals surface area contributed by atoms with Crippen LogP contribution in [0.2, 0.25) is 0 Å². The summed E-state index contributed by atoms with van der Waals surface area (Å²) in [5, 5.41) is 0. The highest BCUT2D eigenvalue weighted by molar-refractivity contribution is 5.71. The minimum Gasteiger partial charge on any atom is -0.462 e. The lowest BCUT2D eigenvalue weighted by atomic mass is 9.99. The number of hydrogen-bond donors (Lipinski definition) is 0. The summed E-state index contributed by atoms with van der Waals surface area (Å²) in [5.74, 6) is 0.790. The largest absolute Gasteiger partial charge is 0.462 e. The first kappa shape index (κ1) is 57.4. The second-order valence-corrected chi connectivity index (χ2v) is 18.9. The van der Waals surface area contributed by atoms with Gasteiger partial charge < -0.3 is 14.2 Å². The van der Waals surface area contributed by atoms with Crippen molar-refractivity contribution in [3.63, 3.8) is 0 Å². The number of unbranched alkanes of at least 4 members (excludes halogenated alkanes) is 31. The summed E-state index contributed by atoms with van der Waals surface area (Å²) in [6.45, 7) is 11.3. The van der Waals surface area contributed by atoms with E-state index in [-0.39, 0.29) is 31.1 Å². The SMILES string of the molecule is CCCCCCCCCCCCCCCCCCCCC(=O)OC[C@H](COC(=O)CCCCCCCCCCC(C)C)OC(=O)CCCCCCCCCCC(C)CC. The summed E-state index contributed by atoms with van der Waals surface area (Å²) in [4.78, 5) is 37.9. The Morgan fingerprint density at radius 1 is 0.356 bits per heavy atom. The molecule has 0 heterocycles. The van der Waals surface area contributed by atoms with Crippen molar-refractivity contribution in [2.75, 3.05) is 13.2 Å². The predicted molar refractivity (Wildman–Crippen MR) is 252 cm³/mol. The lowest BCUT2D eigenvalue weighted by Gasteiger charge is -2.18. The van der Waals surface area contributed by atoms with Crippen molar-refractivity contribution >= 4 is 17.9 Å². The van der Waals surface area contributed by atoms with Gasteiger partial charge in [-0.05, 0) is 31.1 Å². The Balaban J connectivity index is 4.27. The number of carbonyl (C=O) groups excluding carboxylic acids is 3. The third-order valence-electron chi connectivity index (χ3n) is 12.3. The molecular formula is C53H102O6. The van der Waals surface area contributed by atoms with E-state index in [9.17, 15) is 14.4 Å². The molecule has 0 aliphatic rings. The number of carbonyl (C=O) groups is 3. The summed E-state index contributed by atoms with van der Waals surface area (Å²) in [6, 6.07) is 0. The summed E-state index contributed by atoms with van der Waals surface area (Å²) in [6.07, 6.45) is 46.6. The minimum atomic E-state index is -0.762. The summed E-state index contributed by atoms with van der Waals surface area (Å²) in [7, 11) is 0. The maximum atomic E-state index is 12.8. The van der Waals surface area contributed by atoms with E-state index >= 15 is 0 Å². The number of rotatable bonds is 47. The van der Waals surface area contributed by atoms with Gasteiger partial charge in [-0.25, -0.2) is 0 Å². The highest BCUT2D eigenvalue weighted by Gasteiger charge is 2.19. The summed E-state index contributed by atoms with van der Waals surface area (Å²) in [5.41, 5.74) is 0. The van der Waals surface area contributed by atoms with Gasteiger partial charge in [-0.1, -0.05) is 253 Å². The minimum absolute atomic E-state index is 0.0644. The van der Waals surface area contributed by atoms with Crippen LogP contribution < -0.4 is 0 Å². The highest BCUT2D eigenvalue weighted by Crippen LogP contribution is 2.18. The molecule has 0 N–H and O–H groups in total. The molecule has 0 aliphatic carbocycles. The Bertz CT molecular complexity index is 902. The lowest BCUT2D eigenvalue weighted by molar-refractivity contribution is -0.167. The number of hydrogen-bond acceptors (Lipinski definition) is 6. The molecule has 59 heavy (non-hydrogen) atoms. The molecule has 1 unspecified atom stereocenters. The molecule has 0 saturated carbocycles. The Morgan fingerprint density at radius 2 is 0.644 bits per heavy atom. The zero-order chi connectivity index (χ0) is 43.3. The van der Waals surface area contributed by atoms with Crippen LogP contribution in [0, 0.1) is 11.8 Å². The van der Waals surface area contributed by atoms with Crippen molar-refractivity contribution in [1.82, 2.24) is 0 Å². The molecule has 0 aromatic carbocycles. The van der Waals surface area contributed by atoms with E-state index in [2.05, 4.69) is 34.6 Å². The zero-order valence-electron chi connectivity index (χ0n) is 40.4. The Hall–Kier alpha value is -1.59. The molecule has 0 fully saturated rings. The van der Waals surface area contributed by atoms with Crippen LogP contribution in [0.5, 0.6) is 0 Å². The van der Waals surface area contributed by atoms with Crippen molar-refractivity contribution in [2.45, 2.75) is 298 Å². The van der Waals surface area contributed by atoms with Crippen LogP contribution in [0.25, 0.3) is 0 Å². The van der Waals surface area contributed by atoms with Gasteiger partial charge in [0.05, 0.1) is 0 Å². The van der Waals surface area contributed by atoms with Crippen LogP contribution in [0.1, 0.15) is 291 Å². The standard InChI is InChI=1S/C53H102O6/c1-6-8-9-10-11-12-13-14-15-16-17-18-19-20-21-28-33-38-43-51(54)57-46-50(47-58-52(55)44-39-34-29-24-22-26-31-36-41-48(3)4)59-53(56)45-40-35-30-25-23-27-32-37-42-49(5)7-2/h48-50H,6-47H2,1-5H3/t49?,50-/m1/s1. The normalized spacial score (nSPS) is 12.5. The maximum Gasteiger partial charge on any atom is 0.306 e. The second-order valence-electron chi connectivity index (χ2n) is 18.9. The van der Waals surface area contributed by atoms with Gasteiger partial charge >= 0.3 is 17.9 Å². The maximum absolute atomic E-state index is 12.8. The highest BCUT2D eigenvalue weighted by atomic mass is 16.6. The lowest BCUT2D eigenvalue weighted by Crippen LogP contribution is -2.30. The number of ether oxygens (including phenoxy) is 3. The van der Waals surface area contributed by atoms with Gasteiger partial charge in [0.25, 0.3) is 0 Å². The van der Waals surface area contributed by atoms with E-state index < -0.39 is 6.10 Å². The molecule has 2 atom stereocenters. The monoisotopic (exact) mass is 835 g/mol. The van der Waals surface area contributed by atoms with E-state index in [4.69, 9.17) is 14.2 Å². The van der Waals surface area contributed by atoms with Gasteiger partial charge in [-0.2, -0.15) is 0 Å². The molecular weight excluding hydrogens is 733 g/mol. The van der Waals surface area contributed by atoms with Crippen molar-refractivity contribution in [1.29, 1.82) is 0 Å². The first-order chi connectivity index (χ1) is 28.8. The van der Waals surface area contributed by atoms with Gasteiger partial charge in [0.15, 0.2) is 6.10 Å². The second kappa shape index (κ2) is 45.9. The van der Waals surface area contributed by atoms with Crippen molar-refractivity contribution in [3.8, 4) is 0 Å². The molecule has 350 valence electrons. The van der Waals surface area contributed by atoms with E-state index in [1.807, 2.05) is 0 Å². The van der Waals surface area contributed by atoms with Crippen molar-refractivity contribution in [2.24, 2.45) is 11.8 Å². The molecule has 0 bridgehead atoms. The number of esters is 3. The van der Waals surface area contributed by atoms with Crippen molar-refractivity contribution < 1.29 is 28.6 Å². The molecule has 0 aliphatic heterocycles. The zero-order valence-corrected chi connectivity index (χ0v) is 40.4. The third-order valence-corrected chi connectivity index (χ3v) is 12.3. The molecule has 0 rings (SSSR count). The fraction of sp³-hybridized carbons (Fsp3) is 0.943. The van der Waals surface area contributed by atoms with Crippen LogP contribution in [-0.2, 0) is 28.6 Å². The van der Waals surface area contributed by atoms with Gasteiger partial charge in [-0.3, -0.25) is 14.4 Å². The van der Waals surface area contributed by atoms with Gasteiger partial charge in [-0.15, -0.1) is 0 Å². The van der Waals surface area contributed by atoms with Crippen molar-refractivity contribution in [3.05, 3.63) is 0 Å². The van der Waals surface area contributed by atoms with E-state index in [1.165, 1.54) is 180 Å². The Morgan fingerprint density at radius 3 is 0.966 bits per heavy atom. The van der Waals surface area contributed by atoms with Crippen LogP contribution >= 0.6 is 0 Å². The fourth-order valence-electron chi connectivity index (χ4n) is 7.96. The average molecular weight is 835 g/mol. The van der Waals surface area contributed by atoms with E-state index in [1.54, 1.807) is 0 Å². The Kier molecular flexibility index (Phi) is 44.7. The van der Waals surface area contributed by atoms with Crippen LogP contribution in [-0.4, -0.2) is 37.2 Å². The summed E-state index contributed by atoms with van der Waals surface area (Å²) >= 11 is 0. The molecule has 0 saturated heterocycles. The molecule has 0 spiro atoms. The topological polar surface area (TPSA) is 78.9 Å². The fourth-order valence-corrected chi connectivity index (χ4v) is 7.96. The molecule has 0 radical (unpaired) electrons. The van der Waals surface area contributed by atoms with Crippen LogP contribution in [0.4, 0.5) is 0 Å². The average Bonchev–Trinajstić information content (AvgIpc) is 3.22.